The van der Waals surface area contributed by atoms with Crippen molar-refractivity contribution in [3.63, 3.8) is 0 Å². The van der Waals surface area contributed by atoms with E-state index in [1.807, 2.05) is 6.92 Å². The van der Waals surface area contributed by atoms with E-state index >= 15 is 8.78 Å². The highest BCUT2D eigenvalue weighted by molar-refractivity contribution is 5.66. The lowest BCUT2D eigenvalue weighted by atomic mass is 9.68. The Morgan fingerprint density at radius 2 is 1.13 bits per heavy atom. The Labute approximate surface area is 262 Å². The van der Waals surface area contributed by atoms with Crippen LogP contribution in [0.5, 0.6) is 11.5 Å². The monoisotopic (exact) mass is 632 g/mol. The van der Waals surface area contributed by atoms with Crippen molar-refractivity contribution >= 4 is 0 Å². The van der Waals surface area contributed by atoms with E-state index < -0.39 is 34.9 Å². The summed E-state index contributed by atoms with van der Waals surface area (Å²) in [5.41, 5.74) is 0.0178. The molecule has 0 radical (unpaired) electrons. The first-order chi connectivity index (χ1) is 21.7. The minimum Gasteiger partial charge on any atom is -0.491 e. The van der Waals surface area contributed by atoms with Crippen molar-refractivity contribution in [1.29, 1.82) is 0 Å². The number of hydrogen-bond acceptors (Lipinski definition) is 2. The minimum atomic E-state index is -1.27. The summed E-state index contributed by atoms with van der Waals surface area (Å²) in [6.45, 7) is 4.07. The average molecular weight is 633 g/mol. The lowest BCUT2D eigenvalue weighted by Crippen LogP contribution is -2.26. The summed E-state index contributed by atoms with van der Waals surface area (Å²) in [5, 5.41) is 0. The maximum Gasteiger partial charge on any atom is 0.201 e. The molecule has 2 aliphatic carbocycles. The molecule has 0 atom stereocenters. The van der Waals surface area contributed by atoms with Gasteiger partial charge in [-0.15, -0.1) is 0 Å². The summed E-state index contributed by atoms with van der Waals surface area (Å²) < 4.78 is 98.9. The molecular formula is C37H42F6O2. The Balaban J connectivity index is 1.12. The molecule has 2 nitrogen and oxygen atoms in total. The molecule has 0 aromatic heterocycles. The van der Waals surface area contributed by atoms with Gasteiger partial charge in [0.2, 0.25) is 11.6 Å². The third-order valence-corrected chi connectivity index (χ3v) is 9.93. The van der Waals surface area contributed by atoms with E-state index in [1.165, 1.54) is 30.3 Å². The Hall–Kier alpha value is -3.16. The maximum atomic E-state index is 15.1. The fourth-order valence-corrected chi connectivity index (χ4v) is 7.39. The van der Waals surface area contributed by atoms with Crippen LogP contribution in [0.1, 0.15) is 95.1 Å². The second-order valence-electron chi connectivity index (χ2n) is 12.6. The molecule has 0 saturated heterocycles. The van der Waals surface area contributed by atoms with Crippen molar-refractivity contribution in [3.05, 3.63) is 82.4 Å². The van der Waals surface area contributed by atoms with Gasteiger partial charge in [0, 0.05) is 11.1 Å². The van der Waals surface area contributed by atoms with Gasteiger partial charge in [-0.1, -0.05) is 38.0 Å². The third kappa shape index (κ3) is 7.30. The maximum absolute atomic E-state index is 15.1. The fourth-order valence-electron chi connectivity index (χ4n) is 7.39. The van der Waals surface area contributed by atoms with Crippen molar-refractivity contribution in [2.45, 2.75) is 90.4 Å². The number of rotatable bonds is 11. The summed E-state index contributed by atoms with van der Waals surface area (Å²) in [6, 6.07) is 8.43. The van der Waals surface area contributed by atoms with E-state index in [0.29, 0.717) is 36.2 Å². The molecule has 0 bridgehead atoms. The molecular weight excluding hydrogens is 590 g/mol. The van der Waals surface area contributed by atoms with Gasteiger partial charge >= 0.3 is 0 Å². The van der Waals surface area contributed by atoms with Gasteiger partial charge in [-0.3, -0.25) is 0 Å². The Morgan fingerprint density at radius 3 is 1.78 bits per heavy atom. The van der Waals surface area contributed by atoms with E-state index in [0.717, 1.165) is 57.8 Å². The summed E-state index contributed by atoms with van der Waals surface area (Å²) in [5.74, 6) is -5.10. The molecule has 0 aliphatic heterocycles. The van der Waals surface area contributed by atoms with Crippen LogP contribution >= 0.6 is 0 Å². The first kappa shape index (κ1) is 33.2. The summed E-state index contributed by atoms with van der Waals surface area (Å²) in [4.78, 5) is 0. The van der Waals surface area contributed by atoms with Crippen molar-refractivity contribution in [3.8, 4) is 22.6 Å². The van der Waals surface area contributed by atoms with E-state index in [1.54, 1.807) is 13.0 Å². The standard InChI is InChI=1S/C37H42F6O2/c1-3-21-45-31-20-18-29(35(41)37(31)43)28-16-15-26(32(38)34(28)40)10-7-22-5-8-23(9-6-22)24-11-13-25(14-12-24)27-17-19-30(44-4-2)36(42)33(27)39/h15-20,22-25H,3-14,21H2,1-2H3. The van der Waals surface area contributed by atoms with E-state index in [4.69, 9.17) is 9.47 Å². The molecule has 0 amide bonds. The predicted octanol–water partition coefficient (Wildman–Crippen LogP) is 11.1. The van der Waals surface area contributed by atoms with Crippen molar-refractivity contribution in [2.24, 2.45) is 17.8 Å². The molecule has 0 unspecified atom stereocenters. The Morgan fingerprint density at radius 1 is 0.578 bits per heavy atom. The molecule has 244 valence electrons. The van der Waals surface area contributed by atoms with Crippen LogP contribution < -0.4 is 9.47 Å². The van der Waals surface area contributed by atoms with E-state index in [2.05, 4.69) is 0 Å². The minimum absolute atomic E-state index is 0.0131. The van der Waals surface area contributed by atoms with Crippen molar-refractivity contribution in [2.75, 3.05) is 13.2 Å². The normalized spacial score (nSPS) is 22.0. The molecule has 3 aromatic rings. The lowest BCUT2D eigenvalue weighted by Gasteiger charge is -2.38. The SMILES string of the molecule is CCCOc1ccc(-c2ccc(CCC3CCC(C4CCC(c5ccc(OCC)c(F)c5F)CC4)CC3)c(F)c2F)c(F)c1F. The quantitative estimate of drug-likeness (QED) is 0.196. The first-order valence-electron chi connectivity index (χ1n) is 16.4. The number of aryl methyl sites for hydroxylation is 1. The molecule has 2 aliphatic rings. The second-order valence-corrected chi connectivity index (χ2v) is 12.6. The van der Waals surface area contributed by atoms with Gasteiger partial charge in [-0.05, 0) is 118 Å². The van der Waals surface area contributed by atoms with Gasteiger partial charge in [0.1, 0.15) is 0 Å². The van der Waals surface area contributed by atoms with Crippen LogP contribution in [0.4, 0.5) is 26.3 Å². The number of hydrogen-bond donors (Lipinski definition) is 0. The van der Waals surface area contributed by atoms with Gasteiger partial charge in [-0.2, -0.15) is 8.78 Å². The molecule has 8 heteroatoms. The number of ether oxygens (including phenoxy) is 2. The van der Waals surface area contributed by atoms with E-state index in [9.17, 15) is 17.6 Å². The zero-order chi connectivity index (χ0) is 32.1. The first-order valence-corrected chi connectivity index (χ1v) is 16.4. The highest BCUT2D eigenvalue weighted by Gasteiger charge is 2.33. The van der Waals surface area contributed by atoms with Crippen LogP contribution in [0.25, 0.3) is 11.1 Å². The average Bonchev–Trinajstić information content (AvgIpc) is 3.05. The molecule has 3 aromatic carbocycles. The van der Waals surface area contributed by atoms with Crippen LogP contribution in [0.2, 0.25) is 0 Å². The van der Waals surface area contributed by atoms with Crippen LogP contribution in [0, 0.1) is 52.7 Å². The Bertz CT molecular complexity index is 1460. The topological polar surface area (TPSA) is 18.5 Å². The molecule has 5 rings (SSSR count). The summed E-state index contributed by atoms with van der Waals surface area (Å²) in [6.07, 6.45) is 9.55. The van der Waals surface area contributed by atoms with Gasteiger partial charge in [-0.25, -0.2) is 17.6 Å². The molecule has 2 fully saturated rings. The van der Waals surface area contributed by atoms with Gasteiger partial charge < -0.3 is 9.47 Å². The summed E-state index contributed by atoms with van der Waals surface area (Å²) >= 11 is 0. The van der Waals surface area contributed by atoms with Crippen molar-refractivity contribution < 1.29 is 35.8 Å². The zero-order valence-corrected chi connectivity index (χ0v) is 26.1. The Kier molecular flexibility index (Phi) is 11.0. The molecule has 0 heterocycles. The molecule has 2 saturated carbocycles. The highest BCUT2D eigenvalue weighted by Crippen LogP contribution is 2.45. The fraction of sp³-hybridized carbons (Fsp3) is 0.514. The zero-order valence-electron chi connectivity index (χ0n) is 26.1. The van der Waals surface area contributed by atoms with Gasteiger partial charge in [0.05, 0.1) is 13.2 Å². The third-order valence-electron chi connectivity index (χ3n) is 9.93. The number of benzene rings is 3. The summed E-state index contributed by atoms with van der Waals surface area (Å²) in [7, 11) is 0. The predicted molar refractivity (Wildman–Crippen MR) is 163 cm³/mol. The van der Waals surface area contributed by atoms with Gasteiger partial charge in [0.15, 0.2) is 34.8 Å². The molecule has 0 N–H and O–H groups in total. The van der Waals surface area contributed by atoms with Crippen LogP contribution in [0.3, 0.4) is 0 Å². The molecule has 0 spiro atoms. The molecule has 45 heavy (non-hydrogen) atoms. The van der Waals surface area contributed by atoms with Crippen LogP contribution in [-0.2, 0) is 6.42 Å². The lowest BCUT2D eigenvalue weighted by molar-refractivity contribution is 0.156. The smallest absolute Gasteiger partial charge is 0.201 e. The van der Waals surface area contributed by atoms with Crippen LogP contribution in [-0.4, -0.2) is 13.2 Å². The van der Waals surface area contributed by atoms with E-state index in [-0.39, 0.29) is 47.3 Å². The largest absolute Gasteiger partial charge is 0.491 e. The second kappa shape index (κ2) is 15.0. The number of halogens is 6. The highest BCUT2D eigenvalue weighted by atomic mass is 19.2. The van der Waals surface area contributed by atoms with Crippen LogP contribution in [0.15, 0.2) is 36.4 Å². The van der Waals surface area contributed by atoms with Crippen molar-refractivity contribution in [1.82, 2.24) is 0 Å². The van der Waals surface area contributed by atoms with Gasteiger partial charge in [0.25, 0.3) is 0 Å².